The van der Waals surface area contributed by atoms with Crippen molar-refractivity contribution in [3.8, 4) is 33.4 Å². The molecule has 6 aromatic rings. The molecule has 0 unspecified atom stereocenters. The molecule has 3 heteroatoms. The average Bonchev–Trinajstić information content (AvgIpc) is 3.78. The Kier molecular flexibility index (Phi) is 16.1. The topological polar surface area (TPSA) is 0 Å². The molecule has 0 radical (unpaired) electrons. The van der Waals surface area contributed by atoms with Crippen molar-refractivity contribution in [2.75, 3.05) is 0 Å². The number of fused-ring (bicyclic) bond motifs is 3. The molecule has 0 saturated heterocycles. The number of benzene rings is 5. The van der Waals surface area contributed by atoms with Crippen LogP contribution in [-0.4, -0.2) is 3.21 Å². The van der Waals surface area contributed by atoms with Gasteiger partial charge in [0.2, 0.25) is 0 Å². The van der Waals surface area contributed by atoms with Gasteiger partial charge in [-0.15, -0.1) is 28.8 Å². The monoisotopic (exact) mass is 868 g/mol. The fourth-order valence-electron chi connectivity index (χ4n) is 8.35. The molecule has 0 nitrogen and oxygen atoms in total. The predicted molar refractivity (Wildman–Crippen MR) is 235 cm³/mol. The zero-order chi connectivity index (χ0) is 39.4. The molecule has 0 heterocycles. The van der Waals surface area contributed by atoms with Crippen molar-refractivity contribution in [1.29, 1.82) is 0 Å². The van der Waals surface area contributed by atoms with Crippen molar-refractivity contribution in [3.05, 3.63) is 172 Å². The molecule has 2 aliphatic carbocycles. The van der Waals surface area contributed by atoms with Gasteiger partial charge in [0, 0.05) is 0 Å². The van der Waals surface area contributed by atoms with Gasteiger partial charge in [-0.05, 0) is 39.5 Å². The van der Waals surface area contributed by atoms with Crippen LogP contribution < -0.4 is 24.8 Å². The summed E-state index contributed by atoms with van der Waals surface area (Å²) in [5.41, 5.74) is 18.4. The summed E-state index contributed by atoms with van der Waals surface area (Å²) in [7, 11) is 0. The molecule has 2 aliphatic rings. The van der Waals surface area contributed by atoms with Crippen LogP contribution in [0.2, 0.25) is 0 Å². The van der Waals surface area contributed by atoms with E-state index in [9.17, 15) is 0 Å². The summed E-state index contributed by atoms with van der Waals surface area (Å²) in [4.78, 5) is 0. The van der Waals surface area contributed by atoms with E-state index in [2.05, 4.69) is 190 Å². The van der Waals surface area contributed by atoms with Crippen molar-refractivity contribution in [2.45, 2.75) is 117 Å². The van der Waals surface area contributed by atoms with E-state index in [4.69, 9.17) is 0 Å². The van der Waals surface area contributed by atoms with Gasteiger partial charge >= 0.3 is 70.3 Å². The minimum atomic E-state index is 0. The molecule has 0 N–H and O–H groups in total. The van der Waals surface area contributed by atoms with Gasteiger partial charge in [-0.3, -0.25) is 0 Å². The summed E-state index contributed by atoms with van der Waals surface area (Å²) in [6.07, 6.45) is 7.99. The summed E-state index contributed by atoms with van der Waals surface area (Å²) < 4.78 is 1.46. The summed E-state index contributed by atoms with van der Waals surface area (Å²) in [5.74, 6) is 0. The van der Waals surface area contributed by atoms with Crippen LogP contribution in [0.25, 0.3) is 33.4 Å². The Morgan fingerprint density at radius 1 is 0.649 bits per heavy atom. The molecule has 1 fully saturated rings. The first-order valence-electron chi connectivity index (χ1n) is 20.4. The van der Waals surface area contributed by atoms with E-state index < -0.39 is 0 Å². The molecule has 8 rings (SSSR count). The molecular weight excluding hydrogens is 811 g/mol. The largest absolute Gasteiger partial charge is 1.00 e. The third-order valence-corrected chi connectivity index (χ3v) is 12.3. The first-order valence-corrected chi connectivity index (χ1v) is 21.6. The van der Waals surface area contributed by atoms with Crippen LogP contribution >= 0.6 is 0 Å². The summed E-state index contributed by atoms with van der Waals surface area (Å²) in [6, 6.07) is 50.2. The van der Waals surface area contributed by atoms with Crippen LogP contribution in [0.3, 0.4) is 0 Å². The van der Waals surface area contributed by atoms with E-state index in [1.54, 1.807) is 5.56 Å². The first-order chi connectivity index (χ1) is 26.1. The van der Waals surface area contributed by atoms with E-state index in [1.165, 1.54) is 126 Å². The standard InChI is InChI=1S/C33H33.C13H19.C8H8.2ClH.Zr/c1-32(2,3)30-20-26-24(18-28(30)22-13-9-7-10-14-22)17-25-19-29(23-15-11-8-12-16-23)31(21-27(25)26)33(4,5)6;1-11-6-7-12(10-11)13(2)8-4-3-5-9-13;1-2-8-6-4-3-5-7-8;;;/h7-16,18,20-21H,17H2,1-6H3;6-7,10H,3-5,8-9H2,1-2H3;3-7H,1H3;2*1H;/q2*-1;;;;+2/p-2. The predicted octanol–water partition coefficient (Wildman–Crippen LogP) is 8.70. The SMILES string of the molecule is CC(C)(C)c1cc2c([c-]c1-c1ccccc1)Cc1cc(-c3ccccc3)c(C(C)(C)C)cc1-2.C[C](=[Zr+2])c1ccccc1.Cc1cc(C2(C)CCCCC2)c[cH-]1.[Cl-].[Cl-]. The van der Waals surface area contributed by atoms with Gasteiger partial charge in [-0.25, -0.2) is 6.07 Å². The normalized spacial score (nSPS) is 13.9. The smallest absolute Gasteiger partial charge is 0.0533 e. The van der Waals surface area contributed by atoms with Crippen LogP contribution in [0, 0.1) is 13.0 Å². The molecule has 0 spiro atoms. The van der Waals surface area contributed by atoms with Gasteiger partial charge in [0.25, 0.3) is 0 Å². The third kappa shape index (κ3) is 11.3. The fourth-order valence-corrected chi connectivity index (χ4v) is 8.76. The maximum Gasteiger partial charge on any atom is -0.0533 e. The number of aryl methyl sites for hydroxylation is 1. The summed E-state index contributed by atoms with van der Waals surface area (Å²) >= 11 is 1.51. The van der Waals surface area contributed by atoms with Crippen molar-refractivity contribution >= 4 is 3.21 Å². The van der Waals surface area contributed by atoms with Crippen molar-refractivity contribution in [2.24, 2.45) is 0 Å². The molecule has 1 saturated carbocycles. The number of rotatable bonds is 4. The third-order valence-electron chi connectivity index (χ3n) is 11.6. The molecular formula is C54H60Cl2Zr-2. The maximum absolute atomic E-state index is 3.88. The molecule has 0 bridgehead atoms. The Hall–Kier alpha value is -3.22. The number of halogens is 2. The van der Waals surface area contributed by atoms with E-state index in [-0.39, 0.29) is 35.6 Å². The Labute approximate surface area is 372 Å². The van der Waals surface area contributed by atoms with Crippen LogP contribution in [0.4, 0.5) is 0 Å². The minimum absolute atomic E-state index is 0. The Morgan fingerprint density at radius 3 is 1.67 bits per heavy atom. The molecule has 6 aromatic carbocycles. The summed E-state index contributed by atoms with van der Waals surface area (Å²) in [6.45, 7) is 20.7. The zero-order valence-corrected chi connectivity index (χ0v) is 39.6. The molecule has 57 heavy (non-hydrogen) atoms. The van der Waals surface area contributed by atoms with Crippen molar-refractivity contribution in [1.82, 2.24) is 0 Å². The second-order valence-electron chi connectivity index (χ2n) is 18.2. The quantitative estimate of drug-likeness (QED) is 0.156. The average molecular weight is 871 g/mol. The number of hydrogen-bond donors (Lipinski definition) is 0. The Balaban J connectivity index is 0.000000246. The van der Waals surface area contributed by atoms with Gasteiger partial charge in [0.15, 0.2) is 0 Å². The minimum Gasteiger partial charge on any atom is -1.00 e. The van der Waals surface area contributed by atoms with Crippen LogP contribution in [-0.2, 0) is 46.9 Å². The van der Waals surface area contributed by atoms with E-state index in [1.807, 2.05) is 6.07 Å². The Morgan fingerprint density at radius 2 is 1.18 bits per heavy atom. The van der Waals surface area contributed by atoms with Crippen LogP contribution in [0.15, 0.2) is 127 Å². The van der Waals surface area contributed by atoms with Crippen LogP contribution in [0.1, 0.15) is 126 Å². The van der Waals surface area contributed by atoms with Gasteiger partial charge in [-0.1, -0.05) is 182 Å². The molecule has 0 aromatic heterocycles. The van der Waals surface area contributed by atoms with Gasteiger partial charge in [-0.2, -0.15) is 23.3 Å². The van der Waals surface area contributed by atoms with Gasteiger partial charge in [0.05, 0.1) is 0 Å². The second kappa shape index (κ2) is 19.7. The maximum atomic E-state index is 3.88. The van der Waals surface area contributed by atoms with E-state index in [0.717, 1.165) is 6.42 Å². The molecule has 296 valence electrons. The van der Waals surface area contributed by atoms with E-state index >= 15 is 0 Å². The zero-order valence-electron chi connectivity index (χ0n) is 35.6. The Bertz CT molecular complexity index is 2100. The van der Waals surface area contributed by atoms with Crippen molar-refractivity contribution < 1.29 is 49.0 Å². The second-order valence-corrected chi connectivity index (χ2v) is 20.0. The fraction of sp³-hybridized carbons (Fsp3) is 0.333. The van der Waals surface area contributed by atoms with Gasteiger partial charge in [0.1, 0.15) is 0 Å². The summed E-state index contributed by atoms with van der Waals surface area (Å²) in [5, 5.41) is 0. The molecule has 0 aliphatic heterocycles. The van der Waals surface area contributed by atoms with Crippen LogP contribution in [0.5, 0.6) is 0 Å². The number of hydrogen-bond acceptors (Lipinski definition) is 0. The molecule has 0 amide bonds. The first kappa shape index (κ1) is 46.5. The van der Waals surface area contributed by atoms with Gasteiger partial charge < -0.3 is 24.8 Å². The van der Waals surface area contributed by atoms with E-state index in [0.29, 0.717) is 5.41 Å². The molecule has 0 atom stereocenters. The van der Waals surface area contributed by atoms with Crippen molar-refractivity contribution in [3.63, 3.8) is 0 Å².